The molecule has 0 radical (unpaired) electrons. The predicted molar refractivity (Wildman–Crippen MR) is 148 cm³/mol. The number of rotatable bonds is 7. The SMILES string of the molecule is C=C(Nc1cn(C)nn1)C(=O)N(C)/C=C(\C)c1ccnc(-n2ccn3c4c(cc3c2=O)CC(C)(C)C4)c1CO. The normalized spacial score (nSPS) is 14.5. The van der Waals surface area contributed by atoms with E-state index in [0.29, 0.717) is 33.9 Å². The Morgan fingerprint density at radius 1 is 1.31 bits per heavy atom. The zero-order chi connectivity index (χ0) is 28.1. The van der Waals surface area contributed by atoms with Crippen LogP contribution in [0.1, 0.15) is 43.2 Å². The van der Waals surface area contributed by atoms with Gasteiger partial charge in [-0.3, -0.25) is 18.8 Å². The van der Waals surface area contributed by atoms with Crippen LogP contribution in [0.25, 0.3) is 16.9 Å². The Bertz CT molecular complexity index is 1710. The number of hydrogen-bond donors (Lipinski definition) is 2. The fraction of sp³-hybridized carbons (Fsp3) is 0.321. The second-order valence-corrected chi connectivity index (χ2v) is 10.8. The Morgan fingerprint density at radius 2 is 2.08 bits per heavy atom. The molecular formula is C28H32N8O3. The van der Waals surface area contributed by atoms with Gasteiger partial charge in [0.2, 0.25) is 0 Å². The molecule has 11 nitrogen and oxygen atoms in total. The van der Waals surface area contributed by atoms with Crippen molar-refractivity contribution < 1.29 is 9.90 Å². The number of hydrogen-bond acceptors (Lipinski definition) is 7. The summed E-state index contributed by atoms with van der Waals surface area (Å²) in [7, 11) is 3.34. The molecule has 0 saturated heterocycles. The van der Waals surface area contributed by atoms with E-state index in [-0.39, 0.29) is 29.2 Å². The number of aliphatic hydroxyl groups excluding tert-OH is 1. The van der Waals surface area contributed by atoms with Gasteiger partial charge in [-0.15, -0.1) is 5.10 Å². The second kappa shape index (κ2) is 9.66. The third kappa shape index (κ3) is 4.76. The van der Waals surface area contributed by atoms with Gasteiger partial charge in [0, 0.05) is 50.1 Å². The number of aliphatic hydroxyl groups is 1. The molecule has 2 N–H and O–H groups in total. The fourth-order valence-electron chi connectivity index (χ4n) is 5.29. The zero-order valence-electron chi connectivity index (χ0n) is 22.8. The van der Waals surface area contributed by atoms with Crippen LogP contribution in [0.5, 0.6) is 0 Å². The highest BCUT2D eigenvalue weighted by Gasteiger charge is 2.31. The molecule has 0 fully saturated rings. The van der Waals surface area contributed by atoms with Gasteiger partial charge in [-0.2, -0.15) is 0 Å². The Balaban J connectivity index is 1.46. The minimum atomic E-state index is -0.369. The van der Waals surface area contributed by atoms with Gasteiger partial charge in [0.1, 0.15) is 11.3 Å². The molecule has 1 aliphatic rings. The molecule has 0 saturated carbocycles. The van der Waals surface area contributed by atoms with Crippen molar-refractivity contribution in [3.8, 4) is 5.82 Å². The maximum atomic E-state index is 13.6. The lowest BCUT2D eigenvalue weighted by atomic mass is 9.90. The number of carbonyl (C=O) groups is 1. The van der Waals surface area contributed by atoms with Gasteiger partial charge in [-0.1, -0.05) is 25.6 Å². The molecule has 0 bridgehead atoms. The van der Waals surface area contributed by atoms with Gasteiger partial charge < -0.3 is 19.7 Å². The molecule has 11 heteroatoms. The molecule has 5 rings (SSSR count). The van der Waals surface area contributed by atoms with Crippen molar-refractivity contribution in [1.82, 2.24) is 33.8 Å². The van der Waals surface area contributed by atoms with E-state index in [1.807, 2.05) is 23.6 Å². The standard InChI is InChI=1S/C28H32N8O3/c1-17(14-33(5)26(38)18(2)30-24-15-34(6)32-31-24)20-7-8-29-25(21(20)16-37)36-10-9-35-22(27(36)39)11-19-12-28(3,4)13-23(19)35/h7-11,14-15,30,37H,2,12-13,16H2,1,3-6H3/b17-14+. The average molecular weight is 529 g/mol. The van der Waals surface area contributed by atoms with Crippen LogP contribution in [-0.2, 0) is 31.3 Å². The highest BCUT2D eigenvalue weighted by atomic mass is 16.3. The molecule has 4 aromatic rings. The molecule has 39 heavy (non-hydrogen) atoms. The highest BCUT2D eigenvalue weighted by Crippen LogP contribution is 2.37. The molecule has 0 aromatic carbocycles. The van der Waals surface area contributed by atoms with Crippen molar-refractivity contribution in [1.29, 1.82) is 0 Å². The Hall–Kier alpha value is -4.51. The van der Waals surface area contributed by atoms with Gasteiger partial charge in [-0.05, 0) is 54.0 Å². The van der Waals surface area contributed by atoms with E-state index in [4.69, 9.17) is 0 Å². The number of aromatic nitrogens is 6. The van der Waals surface area contributed by atoms with Crippen LogP contribution in [0, 0.1) is 5.41 Å². The summed E-state index contributed by atoms with van der Waals surface area (Å²) in [6, 6.07) is 3.72. The van der Waals surface area contributed by atoms with E-state index in [9.17, 15) is 14.7 Å². The van der Waals surface area contributed by atoms with E-state index in [2.05, 4.69) is 41.0 Å². The fourth-order valence-corrected chi connectivity index (χ4v) is 5.29. The summed E-state index contributed by atoms with van der Waals surface area (Å²) in [5.41, 5.74) is 4.90. The lowest BCUT2D eigenvalue weighted by molar-refractivity contribution is -0.123. The topological polar surface area (TPSA) is 123 Å². The summed E-state index contributed by atoms with van der Waals surface area (Å²) in [6.45, 7) is 9.76. The molecule has 202 valence electrons. The quantitative estimate of drug-likeness (QED) is 0.354. The third-order valence-electron chi connectivity index (χ3n) is 7.04. The lowest BCUT2D eigenvalue weighted by Gasteiger charge is -2.18. The van der Waals surface area contributed by atoms with Crippen LogP contribution in [0.15, 0.2) is 60.2 Å². The maximum Gasteiger partial charge on any atom is 0.280 e. The predicted octanol–water partition coefficient (Wildman–Crippen LogP) is 2.68. The molecule has 1 amide bonds. The molecule has 0 spiro atoms. The molecule has 4 heterocycles. The summed E-state index contributed by atoms with van der Waals surface area (Å²) >= 11 is 0. The number of amides is 1. The molecular weight excluding hydrogens is 496 g/mol. The van der Waals surface area contributed by atoms with Crippen molar-refractivity contribution in [3.05, 3.63) is 88.1 Å². The molecule has 0 unspecified atom stereocenters. The Labute approximate surface area is 225 Å². The number of aryl methyl sites for hydroxylation is 1. The van der Waals surface area contributed by atoms with Crippen LogP contribution in [0.2, 0.25) is 0 Å². The monoisotopic (exact) mass is 528 g/mol. The second-order valence-electron chi connectivity index (χ2n) is 10.8. The third-order valence-corrected chi connectivity index (χ3v) is 7.04. The molecule has 1 aliphatic carbocycles. The van der Waals surface area contributed by atoms with Crippen molar-refractivity contribution in [2.75, 3.05) is 12.4 Å². The van der Waals surface area contributed by atoms with Gasteiger partial charge in [0.05, 0.1) is 18.5 Å². The molecule has 0 aliphatic heterocycles. The minimum absolute atomic E-state index is 0.127. The average Bonchev–Trinajstić information content (AvgIpc) is 3.54. The van der Waals surface area contributed by atoms with Crippen LogP contribution in [0.3, 0.4) is 0 Å². The zero-order valence-corrected chi connectivity index (χ0v) is 22.8. The number of pyridine rings is 1. The van der Waals surface area contributed by atoms with Gasteiger partial charge in [0.15, 0.2) is 5.82 Å². The lowest BCUT2D eigenvalue weighted by Crippen LogP contribution is -2.26. The van der Waals surface area contributed by atoms with Gasteiger partial charge in [0.25, 0.3) is 11.5 Å². The van der Waals surface area contributed by atoms with E-state index in [1.165, 1.54) is 25.4 Å². The number of likely N-dealkylation sites (N-methyl/N-ethyl adjacent to an activating group) is 1. The minimum Gasteiger partial charge on any atom is -0.392 e. The van der Waals surface area contributed by atoms with Crippen molar-refractivity contribution in [2.24, 2.45) is 12.5 Å². The maximum absolute atomic E-state index is 13.6. The van der Waals surface area contributed by atoms with E-state index in [1.54, 1.807) is 45.0 Å². The Morgan fingerprint density at radius 3 is 2.77 bits per heavy atom. The summed E-state index contributed by atoms with van der Waals surface area (Å²) < 4.78 is 4.96. The van der Waals surface area contributed by atoms with Crippen LogP contribution in [0.4, 0.5) is 5.82 Å². The largest absolute Gasteiger partial charge is 0.392 e. The first-order chi connectivity index (χ1) is 18.5. The van der Waals surface area contributed by atoms with Crippen LogP contribution >= 0.6 is 0 Å². The number of fused-ring (bicyclic) bond motifs is 3. The number of carbonyl (C=O) groups excluding carboxylic acids is 1. The van der Waals surface area contributed by atoms with Gasteiger partial charge in [-0.25, -0.2) is 4.98 Å². The van der Waals surface area contributed by atoms with E-state index < -0.39 is 0 Å². The van der Waals surface area contributed by atoms with E-state index in [0.717, 1.165) is 12.8 Å². The number of nitrogens with zero attached hydrogens (tertiary/aromatic N) is 7. The smallest absolute Gasteiger partial charge is 0.280 e. The van der Waals surface area contributed by atoms with Crippen molar-refractivity contribution in [2.45, 2.75) is 40.2 Å². The summed E-state index contributed by atoms with van der Waals surface area (Å²) in [5, 5.41) is 20.9. The van der Waals surface area contributed by atoms with Crippen molar-refractivity contribution >= 4 is 22.8 Å². The van der Waals surface area contributed by atoms with Crippen LogP contribution in [-0.4, -0.2) is 51.9 Å². The first-order valence-corrected chi connectivity index (χ1v) is 12.6. The summed E-state index contributed by atoms with van der Waals surface area (Å²) in [4.78, 5) is 32.3. The summed E-state index contributed by atoms with van der Waals surface area (Å²) in [6.07, 6.45) is 10.3. The molecule has 0 atom stereocenters. The first kappa shape index (κ1) is 26.1. The number of allylic oxidation sites excluding steroid dienone is 1. The number of anilines is 1. The molecule has 4 aromatic heterocycles. The van der Waals surface area contributed by atoms with Crippen molar-refractivity contribution in [3.63, 3.8) is 0 Å². The van der Waals surface area contributed by atoms with Gasteiger partial charge >= 0.3 is 0 Å². The first-order valence-electron chi connectivity index (χ1n) is 12.6. The highest BCUT2D eigenvalue weighted by molar-refractivity contribution is 5.96. The number of nitrogens with one attached hydrogen (secondary N) is 1. The summed E-state index contributed by atoms with van der Waals surface area (Å²) in [5.74, 6) is 0.385. The van der Waals surface area contributed by atoms with Crippen LogP contribution < -0.4 is 10.9 Å². The van der Waals surface area contributed by atoms with E-state index >= 15 is 0 Å². The Kier molecular flexibility index (Phi) is 6.47.